The standard InChI is InChI=1S/C10H11NO2S/c1-12-8-4-9(14-6-8)10(11)7-2-3-13-5-7/h2-6,10H,11H2,1H3. The Morgan fingerprint density at radius 1 is 1.57 bits per heavy atom. The number of nitrogens with two attached hydrogens (primary N) is 1. The molecule has 0 fully saturated rings. The molecule has 2 heterocycles. The second-order valence-electron chi connectivity index (χ2n) is 2.92. The molecule has 0 aliphatic heterocycles. The summed E-state index contributed by atoms with van der Waals surface area (Å²) in [6, 6.07) is 3.70. The normalized spacial score (nSPS) is 12.7. The van der Waals surface area contributed by atoms with E-state index >= 15 is 0 Å². The lowest BCUT2D eigenvalue weighted by atomic mass is 10.1. The molecule has 0 aliphatic carbocycles. The summed E-state index contributed by atoms with van der Waals surface area (Å²) in [5.41, 5.74) is 7.00. The third-order valence-corrected chi connectivity index (χ3v) is 3.03. The van der Waals surface area contributed by atoms with Crippen molar-refractivity contribution in [1.29, 1.82) is 0 Å². The van der Waals surface area contributed by atoms with Gasteiger partial charge in [-0.2, -0.15) is 0 Å². The molecule has 74 valence electrons. The first-order valence-electron chi connectivity index (χ1n) is 4.21. The van der Waals surface area contributed by atoms with E-state index in [0.717, 1.165) is 16.2 Å². The predicted molar refractivity (Wildman–Crippen MR) is 55.6 cm³/mol. The molecule has 14 heavy (non-hydrogen) atoms. The number of hydrogen-bond donors (Lipinski definition) is 1. The van der Waals surface area contributed by atoms with E-state index in [1.165, 1.54) is 0 Å². The van der Waals surface area contributed by atoms with Crippen molar-refractivity contribution < 1.29 is 9.15 Å². The first-order chi connectivity index (χ1) is 6.81. The highest BCUT2D eigenvalue weighted by Gasteiger charge is 2.12. The Balaban J connectivity index is 2.23. The molecule has 0 radical (unpaired) electrons. The van der Waals surface area contributed by atoms with Crippen molar-refractivity contribution in [2.75, 3.05) is 7.11 Å². The highest BCUT2D eigenvalue weighted by atomic mass is 32.1. The van der Waals surface area contributed by atoms with Gasteiger partial charge in [-0.3, -0.25) is 0 Å². The number of furan rings is 1. The van der Waals surface area contributed by atoms with Crippen LogP contribution < -0.4 is 10.5 Å². The first-order valence-corrected chi connectivity index (χ1v) is 5.09. The second kappa shape index (κ2) is 3.86. The molecule has 0 bridgehead atoms. The van der Waals surface area contributed by atoms with Gasteiger partial charge in [-0.05, 0) is 12.1 Å². The Hall–Kier alpha value is -1.26. The van der Waals surface area contributed by atoms with Crippen LogP contribution in [0.1, 0.15) is 16.5 Å². The maximum Gasteiger partial charge on any atom is 0.129 e. The highest BCUT2D eigenvalue weighted by Crippen LogP contribution is 2.29. The Morgan fingerprint density at radius 3 is 3.00 bits per heavy atom. The molecule has 2 rings (SSSR count). The summed E-state index contributed by atoms with van der Waals surface area (Å²) in [7, 11) is 1.65. The molecule has 2 aromatic heterocycles. The fourth-order valence-electron chi connectivity index (χ4n) is 1.22. The van der Waals surface area contributed by atoms with Crippen LogP contribution in [0.5, 0.6) is 5.75 Å². The van der Waals surface area contributed by atoms with Crippen molar-refractivity contribution >= 4 is 11.3 Å². The van der Waals surface area contributed by atoms with Crippen LogP contribution in [0.15, 0.2) is 34.5 Å². The van der Waals surface area contributed by atoms with Gasteiger partial charge in [0, 0.05) is 15.8 Å². The Bertz CT molecular complexity index is 394. The van der Waals surface area contributed by atoms with Gasteiger partial charge in [0.05, 0.1) is 25.7 Å². The minimum atomic E-state index is -0.123. The van der Waals surface area contributed by atoms with Crippen molar-refractivity contribution in [2.24, 2.45) is 5.73 Å². The molecule has 1 unspecified atom stereocenters. The van der Waals surface area contributed by atoms with Crippen LogP contribution in [0.25, 0.3) is 0 Å². The summed E-state index contributed by atoms with van der Waals surface area (Å²) < 4.78 is 10.1. The van der Waals surface area contributed by atoms with Gasteiger partial charge in [0.15, 0.2) is 0 Å². The van der Waals surface area contributed by atoms with Gasteiger partial charge in [-0.15, -0.1) is 11.3 Å². The minimum Gasteiger partial charge on any atom is -0.496 e. The lowest BCUT2D eigenvalue weighted by Gasteiger charge is -2.04. The second-order valence-corrected chi connectivity index (χ2v) is 3.87. The van der Waals surface area contributed by atoms with Gasteiger partial charge in [-0.25, -0.2) is 0 Å². The fourth-order valence-corrected chi connectivity index (χ4v) is 2.10. The van der Waals surface area contributed by atoms with Crippen LogP contribution in [0.4, 0.5) is 0 Å². The van der Waals surface area contributed by atoms with Crippen LogP contribution >= 0.6 is 11.3 Å². The topological polar surface area (TPSA) is 48.4 Å². The molecule has 0 amide bonds. The van der Waals surface area contributed by atoms with Gasteiger partial charge in [0.1, 0.15) is 5.75 Å². The van der Waals surface area contributed by atoms with Crippen LogP contribution in [-0.4, -0.2) is 7.11 Å². The predicted octanol–water partition coefficient (Wildman–Crippen LogP) is 2.40. The molecule has 3 nitrogen and oxygen atoms in total. The molecule has 1 atom stereocenters. The summed E-state index contributed by atoms with van der Waals surface area (Å²) in [4.78, 5) is 1.07. The molecule has 0 saturated heterocycles. The quantitative estimate of drug-likeness (QED) is 0.844. The Morgan fingerprint density at radius 2 is 2.43 bits per heavy atom. The van der Waals surface area contributed by atoms with Crippen molar-refractivity contribution in [2.45, 2.75) is 6.04 Å². The smallest absolute Gasteiger partial charge is 0.129 e. The molecule has 2 N–H and O–H groups in total. The van der Waals surface area contributed by atoms with E-state index in [4.69, 9.17) is 14.9 Å². The Kier molecular flexibility index (Phi) is 2.56. The summed E-state index contributed by atoms with van der Waals surface area (Å²) >= 11 is 1.59. The van der Waals surface area contributed by atoms with E-state index < -0.39 is 0 Å². The van der Waals surface area contributed by atoms with Crippen LogP contribution in [-0.2, 0) is 0 Å². The average molecular weight is 209 g/mol. The zero-order valence-electron chi connectivity index (χ0n) is 7.77. The van der Waals surface area contributed by atoms with E-state index in [0.29, 0.717) is 0 Å². The third-order valence-electron chi connectivity index (χ3n) is 2.04. The number of ether oxygens (including phenoxy) is 1. The number of thiophene rings is 1. The molecule has 0 aromatic carbocycles. The summed E-state index contributed by atoms with van der Waals surface area (Å²) in [5.74, 6) is 0.851. The van der Waals surface area contributed by atoms with Gasteiger partial charge in [0.25, 0.3) is 0 Å². The zero-order chi connectivity index (χ0) is 9.97. The number of hydrogen-bond acceptors (Lipinski definition) is 4. The Labute approximate surface area is 86.1 Å². The summed E-state index contributed by atoms with van der Waals surface area (Å²) in [5, 5.41) is 1.94. The molecular formula is C10H11NO2S. The number of rotatable bonds is 3. The lowest BCUT2D eigenvalue weighted by Crippen LogP contribution is -2.08. The molecule has 0 aliphatic rings. The van der Waals surface area contributed by atoms with Gasteiger partial charge < -0.3 is 14.9 Å². The SMILES string of the molecule is COc1csc(C(N)c2ccoc2)c1. The summed E-state index contributed by atoms with van der Waals surface area (Å²) in [6.45, 7) is 0. The van der Waals surface area contributed by atoms with Gasteiger partial charge in [0.2, 0.25) is 0 Å². The van der Waals surface area contributed by atoms with Crippen LogP contribution in [0.2, 0.25) is 0 Å². The van der Waals surface area contributed by atoms with Crippen molar-refractivity contribution in [1.82, 2.24) is 0 Å². The summed E-state index contributed by atoms with van der Waals surface area (Å²) in [6.07, 6.45) is 3.29. The van der Waals surface area contributed by atoms with Crippen LogP contribution in [0.3, 0.4) is 0 Å². The largest absolute Gasteiger partial charge is 0.496 e. The minimum absolute atomic E-state index is 0.123. The fraction of sp³-hybridized carbons (Fsp3) is 0.200. The lowest BCUT2D eigenvalue weighted by molar-refractivity contribution is 0.416. The molecular weight excluding hydrogens is 198 g/mol. The molecule has 0 spiro atoms. The van der Waals surface area contributed by atoms with Crippen LogP contribution in [0, 0.1) is 0 Å². The van der Waals surface area contributed by atoms with Crippen molar-refractivity contribution in [3.63, 3.8) is 0 Å². The van der Waals surface area contributed by atoms with Crippen molar-refractivity contribution in [3.8, 4) is 5.75 Å². The molecule has 4 heteroatoms. The van der Waals surface area contributed by atoms with E-state index in [-0.39, 0.29) is 6.04 Å². The van der Waals surface area contributed by atoms with E-state index in [9.17, 15) is 0 Å². The number of methoxy groups -OCH3 is 1. The van der Waals surface area contributed by atoms with Gasteiger partial charge in [-0.1, -0.05) is 0 Å². The maximum absolute atomic E-state index is 6.02. The third kappa shape index (κ3) is 1.66. The monoisotopic (exact) mass is 209 g/mol. The van der Waals surface area contributed by atoms with E-state index in [1.54, 1.807) is 31.0 Å². The van der Waals surface area contributed by atoms with Crippen molar-refractivity contribution in [3.05, 3.63) is 40.5 Å². The zero-order valence-corrected chi connectivity index (χ0v) is 8.58. The van der Waals surface area contributed by atoms with E-state index in [2.05, 4.69) is 0 Å². The highest BCUT2D eigenvalue weighted by molar-refractivity contribution is 7.10. The molecule has 0 saturated carbocycles. The molecule has 2 aromatic rings. The average Bonchev–Trinajstić information content (AvgIpc) is 2.88. The maximum atomic E-state index is 6.02. The van der Waals surface area contributed by atoms with E-state index in [1.807, 2.05) is 17.5 Å². The van der Waals surface area contributed by atoms with Gasteiger partial charge >= 0.3 is 0 Å². The first kappa shape index (κ1) is 9.30.